The number of sulfone groups is 1. The van der Waals surface area contributed by atoms with Crippen LogP contribution in [0.3, 0.4) is 0 Å². The van der Waals surface area contributed by atoms with Gasteiger partial charge in [-0.3, -0.25) is 0 Å². The highest BCUT2D eigenvalue weighted by molar-refractivity contribution is 9.10. The third-order valence-electron chi connectivity index (χ3n) is 2.71. The predicted octanol–water partition coefficient (Wildman–Crippen LogP) is 2.35. The molecule has 0 aromatic heterocycles. The fraction of sp³-hybridized carbons (Fsp3) is 0.455. The summed E-state index contributed by atoms with van der Waals surface area (Å²) in [5.41, 5.74) is 5.80. The molecule has 0 aliphatic rings. The number of rotatable bonds is 4. The molecule has 0 fully saturated rings. The van der Waals surface area contributed by atoms with Crippen LogP contribution in [0.5, 0.6) is 0 Å². The molecule has 0 spiro atoms. The Kier molecular flexibility index (Phi) is 4.52. The van der Waals surface area contributed by atoms with Crippen LogP contribution >= 0.6 is 15.9 Å². The van der Waals surface area contributed by atoms with E-state index in [0.717, 1.165) is 0 Å². The van der Waals surface area contributed by atoms with Crippen LogP contribution < -0.4 is 5.73 Å². The first-order valence-corrected chi connectivity index (χ1v) is 7.49. The van der Waals surface area contributed by atoms with Gasteiger partial charge >= 0.3 is 0 Å². The molecule has 0 aliphatic heterocycles. The van der Waals surface area contributed by atoms with Gasteiger partial charge in [0, 0.05) is 10.5 Å². The Labute approximate surface area is 105 Å². The van der Waals surface area contributed by atoms with Crippen molar-refractivity contribution >= 4 is 25.8 Å². The molecule has 0 saturated carbocycles. The summed E-state index contributed by atoms with van der Waals surface area (Å²) in [7, 11) is -3.35. The van der Waals surface area contributed by atoms with Crippen molar-refractivity contribution in [1.29, 1.82) is 0 Å². The molecule has 0 bridgehead atoms. The fourth-order valence-electron chi connectivity index (χ4n) is 1.44. The molecule has 0 radical (unpaired) electrons. The third kappa shape index (κ3) is 2.64. The summed E-state index contributed by atoms with van der Waals surface area (Å²) in [5, 5.41) is -0.573. The van der Waals surface area contributed by atoms with Gasteiger partial charge in [0.1, 0.15) is 0 Å². The van der Waals surface area contributed by atoms with Gasteiger partial charge in [0.05, 0.1) is 10.1 Å². The molecular formula is C11H16BrNO2S. The molecule has 1 aromatic carbocycles. The van der Waals surface area contributed by atoms with Crippen molar-refractivity contribution in [2.75, 3.05) is 0 Å². The molecule has 2 unspecified atom stereocenters. The summed E-state index contributed by atoms with van der Waals surface area (Å²) < 4.78 is 25.1. The molecule has 90 valence electrons. The zero-order valence-electron chi connectivity index (χ0n) is 9.35. The molecule has 5 heteroatoms. The number of halogens is 1. The first kappa shape index (κ1) is 13.7. The van der Waals surface area contributed by atoms with Gasteiger partial charge in [0.15, 0.2) is 9.84 Å². The zero-order chi connectivity index (χ0) is 12.3. The van der Waals surface area contributed by atoms with Crippen molar-refractivity contribution in [3.05, 3.63) is 28.7 Å². The van der Waals surface area contributed by atoms with Crippen LogP contribution in [0.4, 0.5) is 0 Å². The molecule has 2 N–H and O–H groups in total. The van der Waals surface area contributed by atoms with Crippen LogP contribution in [0.15, 0.2) is 33.6 Å². The molecule has 0 amide bonds. The lowest BCUT2D eigenvalue weighted by atomic mass is 10.2. The lowest BCUT2D eigenvalue weighted by molar-refractivity contribution is 0.551. The zero-order valence-corrected chi connectivity index (χ0v) is 11.8. The molecular weight excluding hydrogens is 290 g/mol. The maximum Gasteiger partial charge on any atom is 0.183 e. The largest absolute Gasteiger partial charge is 0.327 e. The first-order valence-electron chi connectivity index (χ1n) is 5.15. The van der Waals surface area contributed by atoms with Crippen LogP contribution in [0, 0.1) is 0 Å². The minimum Gasteiger partial charge on any atom is -0.327 e. The van der Waals surface area contributed by atoms with Gasteiger partial charge in [0.2, 0.25) is 0 Å². The number of hydrogen-bond donors (Lipinski definition) is 1. The van der Waals surface area contributed by atoms with Gasteiger partial charge in [-0.15, -0.1) is 0 Å². The summed E-state index contributed by atoms with van der Waals surface area (Å²) in [6.45, 7) is 3.54. The van der Waals surface area contributed by atoms with Gasteiger partial charge < -0.3 is 5.73 Å². The number of hydrogen-bond acceptors (Lipinski definition) is 3. The summed E-state index contributed by atoms with van der Waals surface area (Å²) in [5.74, 6) is 0. The smallest absolute Gasteiger partial charge is 0.183 e. The Bertz CT molecular complexity index is 459. The van der Waals surface area contributed by atoms with E-state index in [9.17, 15) is 8.42 Å². The molecule has 0 aliphatic carbocycles. The Morgan fingerprint density at radius 2 is 1.94 bits per heavy atom. The standard InChI is InChI=1S/C11H16BrNO2S/c1-3-10(13)8(2)16(14,15)11-7-5-4-6-9(11)12/h4-8,10H,3,13H2,1-2H3. The molecule has 1 rings (SSSR count). The Balaban J connectivity index is 3.17. The topological polar surface area (TPSA) is 60.2 Å². The number of benzene rings is 1. The second-order valence-corrected chi connectivity index (χ2v) is 6.88. The Morgan fingerprint density at radius 1 is 1.38 bits per heavy atom. The average molecular weight is 306 g/mol. The molecule has 0 heterocycles. The van der Waals surface area contributed by atoms with Gasteiger partial charge in [-0.05, 0) is 41.4 Å². The maximum absolute atomic E-state index is 12.2. The van der Waals surface area contributed by atoms with Crippen molar-refractivity contribution in [3.8, 4) is 0 Å². The van der Waals surface area contributed by atoms with Crippen molar-refractivity contribution < 1.29 is 8.42 Å². The molecule has 1 aromatic rings. The van der Waals surface area contributed by atoms with E-state index < -0.39 is 15.1 Å². The van der Waals surface area contributed by atoms with Crippen molar-refractivity contribution in [3.63, 3.8) is 0 Å². The van der Waals surface area contributed by atoms with E-state index in [1.807, 2.05) is 6.92 Å². The minimum absolute atomic E-state index is 0.311. The highest BCUT2D eigenvalue weighted by Crippen LogP contribution is 2.26. The fourth-order valence-corrected chi connectivity index (χ4v) is 4.06. The van der Waals surface area contributed by atoms with Gasteiger partial charge in [-0.1, -0.05) is 19.1 Å². The second-order valence-electron chi connectivity index (χ2n) is 3.75. The van der Waals surface area contributed by atoms with E-state index in [2.05, 4.69) is 15.9 Å². The van der Waals surface area contributed by atoms with E-state index in [4.69, 9.17) is 5.73 Å². The van der Waals surface area contributed by atoms with Crippen molar-refractivity contribution in [1.82, 2.24) is 0 Å². The second kappa shape index (κ2) is 5.29. The van der Waals surface area contributed by atoms with E-state index in [1.54, 1.807) is 31.2 Å². The van der Waals surface area contributed by atoms with Gasteiger partial charge in [-0.2, -0.15) is 0 Å². The Hall–Kier alpha value is -0.390. The van der Waals surface area contributed by atoms with Gasteiger partial charge in [-0.25, -0.2) is 8.42 Å². The summed E-state index contributed by atoms with van der Waals surface area (Å²) in [6, 6.07) is 6.47. The van der Waals surface area contributed by atoms with Crippen LogP contribution in [-0.2, 0) is 9.84 Å². The average Bonchev–Trinajstić information content (AvgIpc) is 2.27. The van der Waals surface area contributed by atoms with Crippen LogP contribution in [-0.4, -0.2) is 19.7 Å². The molecule has 0 saturated heterocycles. The molecule has 16 heavy (non-hydrogen) atoms. The summed E-state index contributed by atoms with van der Waals surface area (Å²) in [4.78, 5) is 0.311. The highest BCUT2D eigenvalue weighted by Gasteiger charge is 2.29. The van der Waals surface area contributed by atoms with Crippen molar-refractivity contribution in [2.45, 2.75) is 36.5 Å². The van der Waals surface area contributed by atoms with Gasteiger partial charge in [0.25, 0.3) is 0 Å². The van der Waals surface area contributed by atoms with Crippen LogP contribution in [0.1, 0.15) is 20.3 Å². The predicted molar refractivity (Wildman–Crippen MR) is 69.1 cm³/mol. The van der Waals surface area contributed by atoms with E-state index >= 15 is 0 Å². The van der Waals surface area contributed by atoms with E-state index in [1.165, 1.54) is 0 Å². The molecule has 2 atom stereocenters. The third-order valence-corrected chi connectivity index (χ3v) is 5.96. The lowest BCUT2D eigenvalue weighted by Gasteiger charge is -2.19. The molecule has 3 nitrogen and oxygen atoms in total. The lowest BCUT2D eigenvalue weighted by Crippen LogP contribution is -2.37. The monoisotopic (exact) mass is 305 g/mol. The quantitative estimate of drug-likeness (QED) is 0.929. The van der Waals surface area contributed by atoms with E-state index in [0.29, 0.717) is 15.8 Å². The van der Waals surface area contributed by atoms with Crippen LogP contribution in [0.25, 0.3) is 0 Å². The summed E-state index contributed by atoms with van der Waals surface area (Å²) in [6.07, 6.45) is 0.644. The van der Waals surface area contributed by atoms with Crippen molar-refractivity contribution in [2.24, 2.45) is 5.73 Å². The minimum atomic E-state index is -3.35. The normalized spacial score (nSPS) is 15.8. The van der Waals surface area contributed by atoms with E-state index in [-0.39, 0.29) is 6.04 Å². The number of nitrogens with two attached hydrogens (primary N) is 1. The highest BCUT2D eigenvalue weighted by atomic mass is 79.9. The maximum atomic E-state index is 12.2. The SMILES string of the molecule is CCC(N)C(C)S(=O)(=O)c1ccccc1Br. The first-order chi connectivity index (χ1) is 7.41. The van der Waals surface area contributed by atoms with Crippen LogP contribution in [0.2, 0.25) is 0 Å². The Morgan fingerprint density at radius 3 is 2.44 bits per heavy atom. The summed E-state index contributed by atoms with van der Waals surface area (Å²) >= 11 is 3.25.